The highest BCUT2D eigenvalue weighted by atomic mass is 16.5. The molecule has 1 amide bonds. The number of ether oxygens (including phenoxy) is 2. The van der Waals surface area contributed by atoms with E-state index >= 15 is 0 Å². The van der Waals surface area contributed by atoms with Crippen molar-refractivity contribution in [1.29, 1.82) is 0 Å². The first-order valence-electron chi connectivity index (χ1n) is 4.58. The van der Waals surface area contributed by atoms with Gasteiger partial charge < -0.3 is 9.47 Å². The van der Waals surface area contributed by atoms with Crippen molar-refractivity contribution < 1.29 is 14.3 Å². The molecule has 1 N–H and O–H groups in total. The summed E-state index contributed by atoms with van der Waals surface area (Å²) in [7, 11) is 2.95. The van der Waals surface area contributed by atoms with Crippen molar-refractivity contribution >= 4 is 11.8 Å². The number of aryl methyl sites for hydroxylation is 2. The Kier molecular flexibility index (Phi) is 3.55. The topological polar surface area (TPSA) is 47.6 Å². The van der Waals surface area contributed by atoms with E-state index in [0.717, 1.165) is 22.6 Å². The zero-order valence-electron chi connectivity index (χ0n) is 9.38. The Labute approximate surface area is 89.2 Å². The Bertz CT molecular complexity index is 374. The Morgan fingerprint density at radius 2 is 1.87 bits per heavy atom. The van der Waals surface area contributed by atoms with Crippen LogP contribution in [0.1, 0.15) is 11.1 Å². The van der Waals surface area contributed by atoms with Crippen molar-refractivity contribution in [3.63, 3.8) is 0 Å². The molecule has 0 bridgehead atoms. The SMILES string of the molecule is COC(=O)Nc1cc(C)c(OC)cc1C. The molecule has 0 aliphatic carbocycles. The zero-order chi connectivity index (χ0) is 11.4. The Morgan fingerprint density at radius 3 is 2.40 bits per heavy atom. The average Bonchev–Trinajstić information content (AvgIpc) is 2.22. The van der Waals surface area contributed by atoms with Crippen LogP contribution in [0, 0.1) is 13.8 Å². The number of carbonyl (C=O) groups is 1. The molecule has 0 radical (unpaired) electrons. The van der Waals surface area contributed by atoms with Gasteiger partial charge in [0.15, 0.2) is 0 Å². The third kappa shape index (κ3) is 2.62. The minimum absolute atomic E-state index is 0.470. The van der Waals surface area contributed by atoms with Gasteiger partial charge in [0.1, 0.15) is 5.75 Å². The molecule has 0 unspecified atom stereocenters. The lowest BCUT2D eigenvalue weighted by Crippen LogP contribution is -2.12. The van der Waals surface area contributed by atoms with Gasteiger partial charge in [0.25, 0.3) is 0 Å². The molecule has 0 spiro atoms. The van der Waals surface area contributed by atoms with Crippen molar-refractivity contribution in [2.45, 2.75) is 13.8 Å². The van der Waals surface area contributed by atoms with Gasteiger partial charge in [-0.25, -0.2) is 4.79 Å². The largest absolute Gasteiger partial charge is 0.496 e. The molecular weight excluding hydrogens is 194 g/mol. The summed E-state index contributed by atoms with van der Waals surface area (Å²) in [6.45, 7) is 3.81. The highest BCUT2D eigenvalue weighted by Gasteiger charge is 2.07. The molecule has 0 atom stereocenters. The Balaban J connectivity index is 3.00. The highest BCUT2D eigenvalue weighted by molar-refractivity contribution is 5.85. The predicted octanol–water partition coefficient (Wildman–Crippen LogP) is 2.49. The first kappa shape index (κ1) is 11.4. The van der Waals surface area contributed by atoms with E-state index in [0.29, 0.717) is 0 Å². The number of methoxy groups -OCH3 is 2. The maximum absolute atomic E-state index is 11.0. The molecule has 0 saturated carbocycles. The number of nitrogens with one attached hydrogen (secondary N) is 1. The van der Waals surface area contributed by atoms with Crippen LogP contribution in [0.15, 0.2) is 12.1 Å². The van der Waals surface area contributed by atoms with Crippen LogP contribution in [0.4, 0.5) is 10.5 Å². The first-order valence-corrected chi connectivity index (χ1v) is 4.58. The van der Waals surface area contributed by atoms with Crippen molar-refractivity contribution in [2.24, 2.45) is 0 Å². The maximum atomic E-state index is 11.0. The summed E-state index contributed by atoms with van der Waals surface area (Å²) in [6.07, 6.45) is -0.470. The van der Waals surface area contributed by atoms with E-state index < -0.39 is 6.09 Å². The Hall–Kier alpha value is -1.71. The summed E-state index contributed by atoms with van der Waals surface area (Å²) in [5.41, 5.74) is 2.64. The van der Waals surface area contributed by atoms with Gasteiger partial charge in [0.05, 0.1) is 14.2 Å². The second kappa shape index (κ2) is 4.68. The molecule has 1 aromatic carbocycles. The molecule has 4 nitrogen and oxygen atoms in total. The van der Waals surface area contributed by atoms with E-state index in [1.807, 2.05) is 26.0 Å². The number of anilines is 1. The quantitative estimate of drug-likeness (QED) is 0.814. The molecule has 0 fully saturated rings. The van der Waals surface area contributed by atoms with Crippen LogP contribution in [0.2, 0.25) is 0 Å². The summed E-state index contributed by atoms with van der Waals surface area (Å²) < 4.78 is 9.69. The van der Waals surface area contributed by atoms with Crippen LogP contribution >= 0.6 is 0 Å². The first-order chi connectivity index (χ1) is 7.08. The fraction of sp³-hybridized carbons (Fsp3) is 0.364. The van der Waals surface area contributed by atoms with Gasteiger partial charge in [-0.15, -0.1) is 0 Å². The predicted molar refractivity (Wildman–Crippen MR) is 58.5 cm³/mol. The van der Waals surface area contributed by atoms with Crippen LogP contribution in [0.25, 0.3) is 0 Å². The van der Waals surface area contributed by atoms with Gasteiger partial charge in [-0.3, -0.25) is 5.32 Å². The van der Waals surface area contributed by atoms with Crippen LogP contribution < -0.4 is 10.1 Å². The van der Waals surface area contributed by atoms with Gasteiger partial charge in [0, 0.05) is 5.69 Å². The second-order valence-corrected chi connectivity index (χ2v) is 3.25. The van der Waals surface area contributed by atoms with Crippen molar-refractivity contribution in [2.75, 3.05) is 19.5 Å². The lowest BCUT2D eigenvalue weighted by atomic mass is 10.1. The summed E-state index contributed by atoms with van der Waals surface area (Å²) in [4.78, 5) is 11.0. The van der Waals surface area contributed by atoms with Crippen LogP contribution in [0.3, 0.4) is 0 Å². The molecule has 0 heterocycles. The van der Waals surface area contributed by atoms with Gasteiger partial charge in [-0.1, -0.05) is 0 Å². The number of benzene rings is 1. The van der Waals surface area contributed by atoms with E-state index in [-0.39, 0.29) is 0 Å². The number of hydrogen-bond acceptors (Lipinski definition) is 3. The normalized spacial score (nSPS) is 9.60. The summed E-state index contributed by atoms with van der Waals surface area (Å²) >= 11 is 0. The molecule has 0 aromatic heterocycles. The summed E-state index contributed by atoms with van der Waals surface area (Å²) in [6, 6.07) is 3.73. The third-order valence-electron chi connectivity index (χ3n) is 2.16. The van der Waals surface area contributed by atoms with E-state index in [1.165, 1.54) is 7.11 Å². The van der Waals surface area contributed by atoms with Crippen LogP contribution in [-0.4, -0.2) is 20.3 Å². The summed E-state index contributed by atoms with van der Waals surface area (Å²) in [5, 5.41) is 2.64. The maximum Gasteiger partial charge on any atom is 0.411 e. The minimum atomic E-state index is -0.470. The van der Waals surface area contributed by atoms with Crippen LogP contribution in [-0.2, 0) is 4.74 Å². The van der Waals surface area contributed by atoms with E-state index in [9.17, 15) is 4.79 Å². The molecule has 0 aliphatic heterocycles. The number of rotatable bonds is 2. The molecular formula is C11H15NO3. The molecule has 1 aromatic rings. The van der Waals surface area contributed by atoms with Gasteiger partial charge in [0.2, 0.25) is 0 Å². The van der Waals surface area contributed by atoms with Crippen molar-refractivity contribution in [3.8, 4) is 5.75 Å². The van der Waals surface area contributed by atoms with Gasteiger partial charge >= 0.3 is 6.09 Å². The Morgan fingerprint density at radius 1 is 1.20 bits per heavy atom. The van der Waals surface area contributed by atoms with Crippen LogP contribution in [0.5, 0.6) is 5.75 Å². The molecule has 1 rings (SSSR count). The van der Waals surface area contributed by atoms with Crippen molar-refractivity contribution in [3.05, 3.63) is 23.3 Å². The number of amides is 1. The molecule has 15 heavy (non-hydrogen) atoms. The molecule has 0 aliphatic rings. The smallest absolute Gasteiger partial charge is 0.411 e. The lowest BCUT2D eigenvalue weighted by Gasteiger charge is -2.11. The van der Waals surface area contributed by atoms with Crippen molar-refractivity contribution in [1.82, 2.24) is 0 Å². The fourth-order valence-corrected chi connectivity index (χ4v) is 1.31. The molecule has 4 heteroatoms. The van der Waals surface area contributed by atoms with E-state index in [1.54, 1.807) is 7.11 Å². The fourth-order valence-electron chi connectivity index (χ4n) is 1.31. The van der Waals surface area contributed by atoms with Gasteiger partial charge in [-0.2, -0.15) is 0 Å². The summed E-state index contributed by atoms with van der Waals surface area (Å²) in [5.74, 6) is 0.808. The molecule has 82 valence electrons. The minimum Gasteiger partial charge on any atom is -0.496 e. The standard InChI is InChI=1S/C11H15NO3/c1-7-6-10(14-3)8(2)5-9(7)12-11(13)15-4/h5-6H,1-4H3,(H,12,13). The monoisotopic (exact) mass is 209 g/mol. The average molecular weight is 209 g/mol. The molecule has 0 saturated heterocycles. The van der Waals surface area contributed by atoms with Gasteiger partial charge in [-0.05, 0) is 37.1 Å². The highest BCUT2D eigenvalue weighted by Crippen LogP contribution is 2.25. The van der Waals surface area contributed by atoms with E-state index in [4.69, 9.17) is 4.74 Å². The zero-order valence-corrected chi connectivity index (χ0v) is 9.38. The third-order valence-corrected chi connectivity index (χ3v) is 2.16. The number of hydrogen-bond donors (Lipinski definition) is 1. The van der Waals surface area contributed by atoms with E-state index in [2.05, 4.69) is 10.1 Å². The lowest BCUT2D eigenvalue weighted by molar-refractivity contribution is 0.187. The number of carbonyl (C=O) groups excluding carboxylic acids is 1. The second-order valence-electron chi connectivity index (χ2n) is 3.25.